The van der Waals surface area contributed by atoms with Gasteiger partial charge in [0.25, 0.3) is 5.91 Å². The number of imide groups is 1. The lowest BCUT2D eigenvalue weighted by Crippen LogP contribution is -2.22. The molecule has 0 saturated carbocycles. The van der Waals surface area contributed by atoms with Crippen molar-refractivity contribution in [1.82, 2.24) is 10.6 Å². The molecule has 8 heteroatoms. The highest BCUT2D eigenvalue weighted by Gasteiger charge is 2.23. The Balaban J connectivity index is 1.83. The number of carbonyl (C=O) groups is 2. The van der Waals surface area contributed by atoms with Gasteiger partial charge in [-0.05, 0) is 57.4 Å². The molecule has 2 aromatic carbocycles. The van der Waals surface area contributed by atoms with Crippen LogP contribution in [0.25, 0.3) is 6.08 Å². The van der Waals surface area contributed by atoms with Crippen LogP contribution in [0.4, 0.5) is 4.79 Å². The van der Waals surface area contributed by atoms with Crippen LogP contribution in [0.5, 0.6) is 11.5 Å². The van der Waals surface area contributed by atoms with Gasteiger partial charge in [-0.3, -0.25) is 10.1 Å². The lowest BCUT2D eigenvalue weighted by molar-refractivity contribution is -0.115. The number of carbonyl (C=O) groups excluding carboxylic acids is 2. The summed E-state index contributed by atoms with van der Waals surface area (Å²) in [4.78, 5) is 22.8. The molecule has 1 aliphatic rings. The summed E-state index contributed by atoms with van der Waals surface area (Å²) in [6, 6.07) is 10.8. The van der Waals surface area contributed by atoms with E-state index in [0.29, 0.717) is 28.1 Å². The van der Waals surface area contributed by atoms with Gasteiger partial charge in [0.2, 0.25) is 0 Å². The summed E-state index contributed by atoms with van der Waals surface area (Å²) in [6.45, 7) is 0.376. The summed E-state index contributed by atoms with van der Waals surface area (Å²) in [5.74, 6) is 0.589. The van der Waals surface area contributed by atoms with E-state index in [1.54, 1.807) is 18.2 Å². The van der Waals surface area contributed by atoms with E-state index in [0.717, 1.165) is 10.0 Å². The third-order valence-electron chi connectivity index (χ3n) is 3.58. The third kappa shape index (κ3) is 4.25. The minimum Gasteiger partial charge on any atom is -0.493 e. The van der Waals surface area contributed by atoms with Crippen molar-refractivity contribution in [3.05, 3.63) is 62.2 Å². The van der Waals surface area contributed by atoms with E-state index in [1.807, 2.05) is 24.3 Å². The van der Waals surface area contributed by atoms with Crippen molar-refractivity contribution in [3.8, 4) is 11.5 Å². The van der Waals surface area contributed by atoms with Gasteiger partial charge in [-0.1, -0.05) is 28.1 Å². The predicted octanol–water partition coefficient (Wildman–Crippen LogP) is 3.98. The lowest BCUT2D eigenvalue weighted by Gasteiger charge is -2.14. The van der Waals surface area contributed by atoms with E-state index >= 15 is 0 Å². The Morgan fingerprint density at radius 2 is 1.81 bits per heavy atom. The van der Waals surface area contributed by atoms with E-state index < -0.39 is 11.9 Å². The fourth-order valence-corrected chi connectivity index (χ4v) is 3.19. The second-order valence-corrected chi connectivity index (χ2v) is 7.19. The minimum atomic E-state index is -0.540. The first-order valence-corrected chi connectivity index (χ1v) is 9.13. The van der Waals surface area contributed by atoms with Crippen molar-refractivity contribution < 1.29 is 19.1 Å². The predicted molar refractivity (Wildman–Crippen MR) is 104 cm³/mol. The zero-order valence-electron chi connectivity index (χ0n) is 13.6. The van der Waals surface area contributed by atoms with Gasteiger partial charge in [-0.15, -0.1) is 0 Å². The van der Waals surface area contributed by atoms with Crippen LogP contribution < -0.4 is 20.1 Å². The summed E-state index contributed by atoms with van der Waals surface area (Å²) in [6.07, 6.45) is 1.56. The van der Waals surface area contributed by atoms with Crippen LogP contribution in [0.15, 0.2) is 51.0 Å². The van der Waals surface area contributed by atoms with Crippen molar-refractivity contribution in [1.29, 1.82) is 0 Å². The first kappa shape index (κ1) is 18.5. The number of ether oxygens (including phenoxy) is 2. The number of amides is 3. The van der Waals surface area contributed by atoms with Gasteiger partial charge < -0.3 is 14.8 Å². The Labute approximate surface area is 166 Å². The van der Waals surface area contributed by atoms with Crippen LogP contribution in [0.1, 0.15) is 11.1 Å². The molecule has 134 valence electrons. The smallest absolute Gasteiger partial charge is 0.326 e. The molecule has 26 heavy (non-hydrogen) atoms. The first-order chi connectivity index (χ1) is 12.5. The second-order valence-electron chi connectivity index (χ2n) is 5.42. The Morgan fingerprint density at radius 3 is 2.42 bits per heavy atom. The minimum absolute atomic E-state index is 0.174. The Bertz CT molecular complexity index is 895. The summed E-state index contributed by atoms with van der Waals surface area (Å²) in [7, 11) is 1.54. The number of urea groups is 1. The fourth-order valence-electron chi connectivity index (χ4n) is 2.35. The third-order valence-corrected chi connectivity index (χ3v) is 4.70. The number of hydrogen-bond acceptors (Lipinski definition) is 4. The van der Waals surface area contributed by atoms with Crippen molar-refractivity contribution in [2.24, 2.45) is 0 Å². The van der Waals surface area contributed by atoms with Gasteiger partial charge in [0, 0.05) is 4.47 Å². The standard InChI is InChI=1S/C18H14Br2N2O4/c1-25-15-8-11(7-14-17(23)22-18(24)21-14)6-13(20)16(15)26-9-10-2-4-12(19)5-3-10/h2-8H,9H2,1H3,(H2,21,22,23,24)/b14-7+. The molecule has 0 atom stereocenters. The van der Waals surface area contributed by atoms with E-state index in [-0.39, 0.29) is 5.70 Å². The van der Waals surface area contributed by atoms with Gasteiger partial charge in [0.15, 0.2) is 11.5 Å². The van der Waals surface area contributed by atoms with Crippen LogP contribution in [0.2, 0.25) is 0 Å². The number of methoxy groups -OCH3 is 1. The van der Waals surface area contributed by atoms with Gasteiger partial charge in [0.05, 0.1) is 11.6 Å². The summed E-state index contributed by atoms with van der Waals surface area (Å²) in [5, 5.41) is 4.60. The molecular formula is C18H14Br2N2O4. The summed E-state index contributed by atoms with van der Waals surface area (Å²) >= 11 is 6.87. The number of halogens is 2. The number of benzene rings is 2. The molecule has 0 radical (unpaired) electrons. The lowest BCUT2D eigenvalue weighted by atomic mass is 10.1. The first-order valence-electron chi connectivity index (χ1n) is 7.55. The van der Waals surface area contributed by atoms with Crippen LogP contribution in [-0.2, 0) is 11.4 Å². The molecule has 1 fully saturated rings. The fraction of sp³-hybridized carbons (Fsp3) is 0.111. The van der Waals surface area contributed by atoms with Crippen molar-refractivity contribution in [2.75, 3.05) is 7.11 Å². The van der Waals surface area contributed by atoms with Crippen molar-refractivity contribution >= 4 is 49.9 Å². The zero-order chi connectivity index (χ0) is 18.7. The van der Waals surface area contributed by atoms with E-state index in [4.69, 9.17) is 9.47 Å². The highest BCUT2D eigenvalue weighted by molar-refractivity contribution is 9.10. The molecule has 1 aliphatic heterocycles. The molecule has 0 aromatic heterocycles. The zero-order valence-corrected chi connectivity index (χ0v) is 16.8. The van der Waals surface area contributed by atoms with Gasteiger partial charge in [-0.25, -0.2) is 4.79 Å². The Kier molecular flexibility index (Phi) is 5.63. The highest BCUT2D eigenvalue weighted by Crippen LogP contribution is 2.37. The van der Waals surface area contributed by atoms with Crippen molar-refractivity contribution in [2.45, 2.75) is 6.61 Å². The Morgan fingerprint density at radius 1 is 1.08 bits per heavy atom. The molecule has 0 spiro atoms. The van der Waals surface area contributed by atoms with E-state index in [2.05, 4.69) is 42.5 Å². The van der Waals surface area contributed by atoms with Crippen LogP contribution in [0.3, 0.4) is 0 Å². The molecule has 0 aliphatic carbocycles. The number of hydrogen-bond donors (Lipinski definition) is 2. The Hall–Kier alpha value is -2.32. The molecule has 2 N–H and O–H groups in total. The van der Waals surface area contributed by atoms with E-state index in [9.17, 15) is 9.59 Å². The monoisotopic (exact) mass is 480 g/mol. The normalized spacial score (nSPS) is 15.0. The van der Waals surface area contributed by atoms with E-state index in [1.165, 1.54) is 7.11 Å². The molecular weight excluding hydrogens is 468 g/mol. The molecule has 0 bridgehead atoms. The van der Waals surface area contributed by atoms with Crippen LogP contribution >= 0.6 is 31.9 Å². The molecule has 1 saturated heterocycles. The van der Waals surface area contributed by atoms with Crippen LogP contribution in [-0.4, -0.2) is 19.0 Å². The number of nitrogens with one attached hydrogen (secondary N) is 2. The molecule has 3 rings (SSSR count). The van der Waals surface area contributed by atoms with Gasteiger partial charge >= 0.3 is 6.03 Å². The molecule has 6 nitrogen and oxygen atoms in total. The van der Waals surface area contributed by atoms with Gasteiger partial charge in [0.1, 0.15) is 12.3 Å². The SMILES string of the molecule is COc1cc(/C=C2/NC(=O)NC2=O)cc(Br)c1OCc1ccc(Br)cc1. The molecule has 0 unspecified atom stereocenters. The largest absolute Gasteiger partial charge is 0.493 e. The summed E-state index contributed by atoms with van der Waals surface area (Å²) in [5.41, 5.74) is 1.86. The average Bonchev–Trinajstić information content (AvgIpc) is 2.92. The van der Waals surface area contributed by atoms with Gasteiger partial charge in [-0.2, -0.15) is 0 Å². The maximum absolute atomic E-state index is 11.6. The highest BCUT2D eigenvalue weighted by atomic mass is 79.9. The molecule has 1 heterocycles. The number of rotatable bonds is 5. The molecule has 3 amide bonds. The topological polar surface area (TPSA) is 76.7 Å². The second kappa shape index (κ2) is 7.92. The maximum atomic E-state index is 11.6. The average molecular weight is 482 g/mol. The maximum Gasteiger partial charge on any atom is 0.326 e. The summed E-state index contributed by atoms with van der Waals surface area (Å²) < 4.78 is 13.0. The quantitative estimate of drug-likeness (QED) is 0.500. The van der Waals surface area contributed by atoms with Crippen LogP contribution in [0, 0.1) is 0 Å². The molecule has 2 aromatic rings. The van der Waals surface area contributed by atoms with Crippen molar-refractivity contribution in [3.63, 3.8) is 0 Å².